The van der Waals surface area contributed by atoms with Gasteiger partial charge in [0.1, 0.15) is 5.67 Å². The lowest BCUT2D eigenvalue weighted by Crippen LogP contribution is -2.70. The standard InChI is InChI=1S/C32H63FO4Si4/c1-29-18-16-23(34-38(4,5)6)20-24(29)25(35-39(7,8)9)22-32(33)27-17-19-31(3,37-41(13,14)15)30(27,2)21-26(28(29)32)36-40(10,11)12/h20,23,25-28H,16-19,21-22H2,1-15H3/t23-,25-,26+,27-,28-,29+,30+,31+,32?/m1/s1. The van der Waals surface area contributed by atoms with Gasteiger partial charge in [-0.15, -0.1) is 0 Å². The van der Waals surface area contributed by atoms with Crippen LogP contribution in [0.1, 0.15) is 59.3 Å². The quantitative estimate of drug-likeness (QED) is 0.195. The molecule has 0 spiro atoms. The Bertz CT molecular complexity index is 1030. The molecule has 9 atom stereocenters. The van der Waals surface area contributed by atoms with Crippen molar-refractivity contribution in [2.45, 2.75) is 167 Å². The molecule has 238 valence electrons. The van der Waals surface area contributed by atoms with E-state index in [0.29, 0.717) is 6.42 Å². The van der Waals surface area contributed by atoms with E-state index < -0.39 is 38.9 Å². The number of alkyl halides is 1. The highest BCUT2D eigenvalue weighted by Crippen LogP contribution is 2.72. The van der Waals surface area contributed by atoms with Crippen molar-refractivity contribution in [1.82, 2.24) is 0 Å². The molecule has 3 saturated carbocycles. The molecular weight excluding hydrogens is 580 g/mol. The number of halogens is 1. The minimum atomic E-state index is -1.98. The molecule has 4 aliphatic rings. The Morgan fingerprint density at radius 1 is 0.707 bits per heavy atom. The zero-order chi connectivity index (χ0) is 31.2. The van der Waals surface area contributed by atoms with Crippen LogP contribution in [-0.4, -0.2) is 62.9 Å². The van der Waals surface area contributed by atoms with E-state index in [0.717, 1.165) is 32.1 Å². The Balaban J connectivity index is 1.89. The summed E-state index contributed by atoms with van der Waals surface area (Å²) in [6.07, 6.45) is 7.10. The van der Waals surface area contributed by atoms with Crippen LogP contribution in [0.3, 0.4) is 0 Å². The molecule has 9 heteroatoms. The predicted octanol–water partition coefficient (Wildman–Crippen LogP) is 9.53. The third-order valence-corrected chi connectivity index (χ3v) is 14.6. The van der Waals surface area contributed by atoms with Crippen LogP contribution < -0.4 is 0 Å². The van der Waals surface area contributed by atoms with E-state index in [1.54, 1.807) is 0 Å². The first-order chi connectivity index (χ1) is 18.2. The lowest BCUT2D eigenvalue weighted by molar-refractivity contribution is -0.218. The minimum Gasteiger partial charge on any atom is -0.414 e. The fraction of sp³-hybridized carbons (Fsp3) is 0.938. The van der Waals surface area contributed by atoms with Gasteiger partial charge in [0.15, 0.2) is 33.3 Å². The van der Waals surface area contributed by atoms with Crippen LogP contribution in [-0.2, 0) is 17.7 Å². The van der Waals surface area contributed by atoms with E-state index in [2.05, 4.69) is 105 Å². The third kappa shape index (κ3) is 6.68. The third-order valence-electron chi connectivity index (χ3n) is 10.5. The highest BCUT2D eigenvalue weighted by molar-refractivity contribution is 6.70. The van der Waals surface area contributed by atoms with Crippen LogP contribution in [0, 0.1) is 22.7 Å². The van der Waals surface area contributed by atoms with Crippen LogP contribution >= 0.6 is 0 Å². The van der Waals surface area contributed by atoms with Gasteiger partial charge in [-0.2, -0.15) is 0 Å². The molecule has 0 radical (unpaired) electrons. The topological polar surface area (TPSA) is 36.9 Å². The molecule has 0 bridgehead atoms. The predicted molar refractivity (Wildman–Crippen MR) is 180 cm³/mol. The van der Waals surface area contributed by atoms with Crippen molar-refractivity contribution in [3.63, 3.8) is 0 Å². The summed E-state index contributed by atoms with van der Waals surface area (Å²) in [6, 6.07) is 0. The Labute approximate surface area is 256 Å². The number of rotatable bonds is 8. The summed E-state index contributed by atoms with van der Waals surface area (Å²) in [6.45, 7) is 34.2. The van der Waals surface area contributed by atoms with Crippen molar-refractivity contribution >= 4 is 33.3 Å². The first-order valence-corrected chi connectivity index (χ1v) is 30.0. The molecule has 0 amide bonds. The summed E-state index contributed by atoms with van der Waals surface area (Å²) in [5.74, 6) is -0.250. The molecule has 0 aliphatic heterocycles. The van der Waals surface area contributed by atoms with E-state index in [1.807, 2.05) is 0 Å². The van der Waals surface area contributed by atoms with Gasteiger partial charge in [0.2, 0.25) is 0 Å². The first kappa shape index (κ1) is 34.3. The minimum absolute atomic E-state index is 0.0649. The van der Waals surface area contributed by atoms with Gasteiger partial charge in [-0.05, 0) is 129 Å². The van der Waals surface area contributed by atoms with Gasteiger partial charge in [-0.3, -0.25) is 0 Å². The van der Waals surface area contributed by atoms with E-state index in [-0.39, 0.29) is 46.6 Å². The average molecular weight is 643 g/mol. The molecule has 0 aromatic carbocycles. The van der Waals surface area contributed by atoms with Crippen molar-refractivity contribution in [3.8, 4) is 0 Å². The Hall–Kier alpha value is 0.378. The largest absolute Gasteiger partial charge is 0.414 e. The Morgan fingerprint density at radius 3 is 1.78 bits per heavy atom. The van der Waals surface area contributed by atoms with Crippen molar-refractivity contribution < 1.29 is 22.1 Å². The maximum Gasteiger partial charge on any atom is 0.184 e. The normalized spacial score (nSPS) is 43.7. The lowest BCUT2D eigenvalue weighted by atomic mass is 9.44. The summed E-state index contributed by atoms with van der Waals surface area (Å²) < 4.78 is 46.6. The summed E-state index contributed by atoms with van der Waals surface area (Å²) >= 11 is 0. The second kappa shape index (κ2) is 10.5. The van der Waals surface area contributed by atoms with Gasteiger partial charge in [0.25, 0.3) is 0 Å². The smallest absolute Gasteiger partial charge is 0.184 e. The van der Waals surface area contributed by atoms with Gasteiger partial charge in [0.05, 0.1) is 23.9 Å². The van der Waals surface area contributed by atoms with Crippen molar-refractivity contribution in [2.75, 3.05) is 0 Å². The zero-order valence-corrected chi connectivity index (χ0v) is 33.2. The molecule has 41 heavy (non-hydrogen) atoms. The van der Waals surface area contributed by atoms with Gasteiger partial charge >= 0.3 is 0 Å². The van der Waals surface area contributed by atoms with Crippen molar-refractivity contribution in [1.29, 1.82) is 0 Å². The molecule has 4 aliphatic carbocycles. The van der Waals surface area contributed by atoms with Gasteiger partial charge < -0.3 is 17.7 Å². The van der Waals surface area contributed by atoms with Crippen LogP contribution in [0.15, 0.2) is 11.6 Å². The van der Waals surface area contributed by atoms with Crippen LogP contribution in [0.2, 0.25) is 78.6 Å². The fourth-order valence-corrected chi connectivity index (χ4v) is 14.5. The van der Waals surface area contributed by atoms with Crippen LogP contribution in [0.4, 0.5) is 4.39 Å². The van der Waals surface area contributed by atoms with E-state index in [1.165, 1.54) is 5.57 Å². The summed E-state index contributed by atoms with van der Waals surface area (Å²) in [5, 5.41) is 0. The molecule has 0 aromatic rings. The zero-order valence-electron chi connectivity index (χ0n) is 29.2. The molecule has 0 N–H and O–H groups in total. The fourth-order valence-electron chi connectivity index (χ4n) is 9.54. The average Bonchev–Trinajstić information content (AvgIpc) is 2.94. The van der Waals surface area contributed by atoms with Gasteiger partial charge in [-0.25, -0.2) is 4.39 Å². The molecule has 0 aromatic heterocycles. The van der Waals surface area contributed by atoms with E-state index >= 15 is 4.39 Å². The molecule has 0 saturated heterocycles. The molecule has 4 nitrogen and oxygen atoms in total. The summed E-state index contributed by atoms with van der Waals surface area (Å²) in [4.78, 5) is 0. The van der Waals surface area contributed by atoms with Crippen molar-refractivity contribution in [2.24, 2.45) is 22.7 Å². The maximum atomic E-state index is 18.8. The van der Waals surface area contributed by atoms with E-state index in [4.69, 9.17) is 17.7 Å². The summed E-state index contributed by atoms with van der Waals surface area (Å²) in [7, 11) is -7.54. The highest BCUT2D eigenvalue weighted by atomic mass is 28.4. The molecule has 0 heterocycles. The Morgan fingerprint density at radius 2 is 1.27 bits per heavy atom. The van der Waals surface area contributed by atoms with Crippen molar-refractivity contribution in [3.05, 3.63) is 11.6 Å². The van der Waals surface area contributed by atoms with Gasteiger partial charge in [-0.1, -0.05) is 19.9 Å². The first-order valence-electron chi connectivity index (χ1n) is 16.4. The second-order valence-electron chi connectivity index (χ2n) is 18.6. The lowest BCUT2D eigenvalue weighted by Gasteiger charge is -2.66. The highest BCUT2D eigenvalue weighted by Gasteiger charge is 2.74. The van der Waals surface area contributed by atoms with Gasteiger partial charge in [0, 0.05) is 23.7 Å². The second-order valence-corrected chi connectivity index (χ2v) is 36.4. The number of fused-ring (bicyclic) bond motifs is 5. The molecule has 4 rings (SSSR count). The number of hydrogen-bond acceptors (Lipinski definition) is 4. The van der Waals surface area contributed by atoms with Crippen LogP contribution in [0.25, 0.3) is 0 Å². The Kier molecular flexibility index (Phi) is 8.74. The summed E-state index contributed by atoms with van der Waals surface area (Å²) in [5.41, 5.74) is -1.02. The van der Waals surface area contributed by atoms with Crippen LogP contribution in [0.5, 0.6) is 0 Å². The molecule has 3 fully saturated rings. The van der Waals surface area contributed by atoms with E-state index in [9.17, 15) is 0 Å². The maximum absolute atomic E-state index is 18.8. The SMILES string of the molecule is C[C@]12CC[C@@H](O[Si](C)(C)C)C=C1[C@H](O[Si](C)(C)C)CC1(F)[C@@H]2[C@@H](O[Si](C)(C)C)C[C@@]2(C)[C@H]1CC[C@]2(C)O[Si](C)(C)C. The molecule has 1 unspecified atom stereocenters. The molecular formula is C32H63FO4Si4. The number of hydrogen-bond donors (Lipinski definition) is 0. The monoisotopic (exact) mass is 642 g/mol.